The van der Waals surface area contributed by atoms with Crippen LogP contribution in [0.5, 0.6) is 0 Å². The predicted molar refractivity (Wildman–Crippen MR) is 80.8 cm³/mol. The van der Waals surface area contributed by atoms with E-state index in [1.807, 2.05) is 0 Å². The molecule has 0 saturated carbocycles. The summed E-state index contributed by atoms with van der Waals surface area (Å²) in [5.74, 6) is -1.49. The second-order valence-corrected chi connectivity index (χ2v) is 6.78. The largest absolute Gasteiger partial charge is 0.478 e. The number of carbonyl (C=O) groups is 2. The zero-order valence-electron chi connectivity index (χ0n) is 11.3. The monoisotopic (exact) mass is 319 g/mol. The van der Waals surface area contributed by atoms with Gasteiger partial charge in [-0.05, 0) is 29.8 Å². The van der Waals surface area contributed by atoms with Crippen molar-refractivity contribution in [2.45, 2.75) is 11.4 Å². The normalized spacial score (nSPS) is 17.2. The molecule has 22 heavy (non-hydrogen) atoms. The predicted octanol–water partition coefficient (Wildman–Crippen LogP) is 3.07. The molecule has 0 aliphatic carbocycles. The molecule has 0 bridgehead atoms. The van der Waals surface area contributed by atoms with Gasteiger partial charge in [0.25, 0.3) is 5.91 Å². The molecule has 114 valence electrons. The molecule has 0 radical (unpaired) electrons. The van der Waals surface area contributed by atoms with Crippen LogP contribution in [0.1, 0.15) is 26.3 Å². The van der Waals surface area contributed by atoms with E-state index < -0.39 is 22.7 Å². The van der Waals surface area contributed by atoms with Crippen molar-refractivity contribution in [3.63, 3.8) is 0 Å². The highest BCUT2D eigenvalue weighted by Gasteiger charge is 2.40. The number of benzene rings is 2. The van der Waals surface area contributed by atoms with Crippen molar-refractivity contribution in [1.82, 2.24) is 4.31 Å². The van der Waals surface area contributed by atoms with Crippen LogP contribution in [0.25, 0.3) is 0 Å². The van der Waals surface area contributed by atoms with Crippen LogP contribution < -0.4 is 0 Å². The van der Waals surface area contributed by atoms with Crippen molar-refractivity contribution in [1.29, 1.82) is 0 Å². The third kappa shape index (κ3) is 2.25. The van der Waals surface area contributed by atoms with E-state index in [1.165, 1.54) is 18.2 Å². The highest BCUT2D eigenvalue weighted by molar-refractivity contribution is 8.23. The number of carboxylic acid groups (broad SMARTS) is 1. The van der Waals surface area contributed by atoms with E-state index in [0.717, 1.165) is 4.31 Å². The first kappa shape index (κ1) is 14.6. The van der Waals surface area contributed by atoms with Crippen LogP contribution in [-0.2, 0) is 6.54 Å². The molecule has 2 aromatic rings. The summed E-state index contributed by atoms with van der Waals surface area (Å²) in [7, 11) is -3.35. The maximum Gasteiger partial charge on any atom is 0.335 e. The van der Waals surface area contributed by atoms with E-state index >= 15 is 0 Å². The van der Waals surface area contributed by atoms with Crippen LogP contribution in [0.2, 0.25) is 0 Å². The highest BCUT2D eigenvalue weighted by Crippen LogP contribution is 2.58. The molecule has 1 heterocycles. The smallest absolute Gasteiger partial charge is 0.335 e. The Morgan fingerprint density at radius 1 is 1.05 bits per heavy atom. The maximum absolute atomic E-state index is 12.3. The van der Waals surface area contributed by atoms with Gasteiger partial charge in [0.05, 0.1) is 22.6 Å². The molecule has 0 spiro atoms. The summed E-state index contributed by atoms with van der Waals surface area (Å²) in [6.45, 7) is -0.00422. The van der Waals surface area contributed by atoms with Gasteiger partial charge in [0.15, 0.2) is 0 Å². The highest BCUT2D eigenvalue weighted by atomic mass is 32.3. The number of amides is 1. The van der Waals surface area contributed by atoms with Crippen LogP contribution in [0, 0.1) is 0 Å². The van der Waals surface area contributed by atoms with Gasteiger partial charge in [0.1, 0.15) is 0 Å². The van der Waals surface area contributed by atoms with Crippen molar-refractivity contribution < 1.29 is 23.8 Å². The molecule has 7 heteroatoms. The average molecular weight is 319 g/mol. The van der Waals surface area contributed by atoms with Gasteiger partial charge in [-0.3, -0.25) is 13.9 Å². The lowest BCUT2D eigenvalue weighted by molar-refractivity contribution is 0.0696. The van der Waals surface area contributed by atoms with Crippen molar-refractivity contribution in [2.24, 2.45) is 0 Å². The van der Waals surface area contributed by atoms with Crippen LogP contribution in [0.15, 0.2) is 53.4 Å². The number of carboxylic acids is 1. The molecule has 1 amide bonds. The molecule has 0 aromatic heterocycles. The van der Waals surface area contributed by atoms with Crippen LogP contribution in [0.4, 0.5) is 0 Å². The Kier molecular flexibility index (Phi) is 3.40. The van der Waals surface area contributed by atoms with Crippen LogP contribution >= 0.6 is 10.8 Å². The van der Waals surface area contributed by atoms with Gasteiger partial charge in [-0.15, -0.1) is 0 Å². The molecule has 2 aromatic carbocycles. The number of aromatic carboxylic acids is 1. The zero-order chi connectivity index (χ0) is 15.9. The number of nitrogens with zero attached hydrogens (tertiary/aromatic N) is 1. The molecule has 0 atom stereocenters. The first-order valence-corrected chi connectivity index (χ1v) is 7.93. The first-order chi connectivity index (χ1) is 10.4. The number of fused-ring (bicyclic) bond motifs is 1. The Labute approximate surface area is 128 Å². The summed E-state index contributed by atoms with van der Waals surface area (Å²) in [6, 6.07) is 12.3. The van der Waals surface area contributed by atoms with Crippen molar-refractivity contribution in [3.8, 4) is 0 Å². The fraction of sp³-hybridized carbons (Fsp3) is 0.0667. The summed E-state index contributed by atoms with van der Waals surface area (Å²) < 4.78 is 21.7. The lowest BCUT2D eigenvalue weighted by Crippen LogP contribution is -2.26. The summed E-state index contributed by atoms with van der Waals surface area (Å²) in [6.07, 6.45) is 0. The molecule has 0 fully saturated rings. The van der Waals surface area contributed by atoms with Gasteiger partial charge in [-0.2, -0.15) is 0 Å². The first-order valence-electron chi connectivity index (χ1n) is 6.43. The summed E-state index contributed by atoms with van der Waals surface area (Å²) in [5, 5.41) is 8.86. The lowest BCUT2D eigenvalue weighted by Gasteiger charge is -2.36. The van der Waals surface area contributed by atoms with Crippen LogP contribution in [0.3, 0.4) is 0 Å². The van der Waals surface area contributed by atoms with E-state index in [1.54, 1.807) is 30.3 Å². The van der Waals surface area contributed by atoms with Crippen molar-refractivity contribution in [2.75, 3.05) is 0 Å². The molecule has 1 aliphatic heterocycles. The minimum Gasteiger partial charge on any atom is -0.478 e. The minimum absolute atomic E-state index is 0.00422. The van der Waals surface area contributed by atoms with Crippen LogP contribution in [-0.4, -0.2) is 30.4 Å². The molecule has 0 saturated heterocycles. The van der Waals surface area contributed by atoms with E-state index in [2.05, 4.69) is 0 Å². The van der Waals surface area contributed by atoms with Crippen molar-refractivity contribution in [3.05, 3.63) is 65.2 Å². The Hall–Kier alpha value is -2.35. The van der Waals surface area contributed by atoms with Gasteiger partial charge < -0.3 is 5.11 Å². The van der Waals surface area contributed by atoms with Gasteiger partial charge in [0.2, 0.25) is 0 Å². The Balaban J connectivity index is 1.90. The van der Waals surface area contributed by atoms with Gasteiger partial charge in [-0.25, -0.2) is 9.10 Å². The van der Waals surface area contributed by atoms with E-state index in [9.17, 15) is 18.7 Å². The third-order valence-electron chi connectivity index (χ3n) is 3.47. The number of hydrogen-bond donors (Lipinski definition) is 3. The molecular weight excluding hydrogens is 306 g/mol. The zero-order valence-corrected chi connectivity index (χ0v) is 12.2. The summed E-state index contributed by atoms with van der Waals surface area (Å²) >= 11 is 0. The lowest BCUT2D eigenvalue weighted by atomic mass is 10.1. The van der Waals surface area contributed by atoms with E-state index in [4.69, 9.17) is 5.11 Å². The topological polar surface area (TPSA) is 98.1 Å². The molecule has 0 unspecified atom stereocenters. The molecule has 6 nitrogen and oxygen atoms in total. The average Bonchev–Trinajstić information content (AvgIpc) is 2.69. The Morgan fingerprint density at radius 2 is 1.68 bits per heavy atom. The van der Waals surface area contributed by atoms with Gasteiger partial charge in [-0.1, -0.05) is 35.0 Å². The molecule has 3 N–H and O–H groups in total. The number of carbonyl (C=O) groups excluding carboxylic acids is 1. The standard InChI is InChI=1S/C15H13NO5S/c17-14-12-3-1-2-4-13(12)22(20,21)16(14)9-10-5-7-11(8-6-10)15(18)19/h1-8,20-21H,9H2,(H,18,19). The molecule has 3 rings (SSSR count). The summed E-state index contributed by atoms with van der Waals surface area (Å²) in [4.78, 5) is 23.4. The van der Waals surface area contributed by atoms with Crippen molar-refractivity contribution >= 4 is 22.7 Å². The number of rotatable bonds is 3. The quantitative estimate of drug-likeness (QED) is 0.807. The molecule has 1 aliphatic rings. The number of hydrogen-bond acceptors (Lipinski definition) is 4. The second-order valence-electron chi connectivity index (χ2n) is 4.86. The second kappa shape index (κ2) is 5.13. The fourth-order valence-electron chi connectivity index (χ4n) is 2.33. The van der Waals surface area contributed by atoms with E-state index in [0.29, 0.717) is 5.56 Å². The maximum atomic E-state index is 12.3. The Bertz CT molecular complexity index is 757. The third-order valence-corrected chi connectivity index (χ3v) is 5.33. The Morgan fingerprint density at radius 3 is 2.27 bits per heavy atom. The fourth-order valence-corrected chi connectivity index (χ4v) is 3.94. The minimum atomic E-state index is -3.35. The SMILES string of the molecule is O=C(O)c1ccc(CN2C(=O)c3ccccc3S2(O)O)cc1. The van der Waals surface area contributed by atoms with E-state index in [-0.39, 0.29) is 22.6 Å². The van der Waals surface area contributed by atoms with Gasteiger partial charge in [0, 0.05) is 0 Å². The summed E-state index contributed by atoms with van der Waals surface area (Å²) in [5.41, 5.74) is 1.03. The van der Waals surface area contributed by atoms with Gasteiger partial charge >= 0.3 is 5.97 Å². The molecular formula is C15H13NO5S.